The molecule has 0 aromatic heterocycles. The first-order chi connectivity index (χ1) is 9.19. The summed E-state index contributed by atoms with van der Waals surface area (Å²) in [6.07, 6.45) is 12.5. The fourth-order valence-electron chi connectivity index (χ4n) is 4.18. The van der Waals surface area contributed by atoms with Crippen LogP contribution in [0, 0.1) is 5.92 Å². The van der Waals surface area contributed by atoms with Crippen molar-refractivity contribution in [3.8, 4) is 0 Å². The van der Waals surface area contributed by atoms with Crippen molar-refractivity contribution >= 4 is 0 Å². The predicted octanol–water partition coefficient (Wildman–Crippen LogP) is 4.28. The van der Waals surface area contributed by atoms with Crippen molar-refractivity contribution in [3.63, 3.8) is 0 Å². The molecule has 1 N–H and O–H groups in total. The molecule has 2 heteroatoms. The quantitative estimate of drug-likeness (QED) is 0.775. The Labute approximate surface area is 119 Å². The first-order valence-electron chi connectivity index (χ1n) is 8.60. The zero-order valence-corrected chi connectivity index (χ0v) is 13.2. The van der Waals surface area contributed by atoms with Crippen LogP contribution in [0.1, 0.15) is 78.6 Å². The van der Waals surface area contributed by atoms with E-state index in [-0.39, 0.29) is 0 Å². The van der Waals surface area contributed by atoms with Crippen LogP contribution in [-0.2, 0) is 4.74 Å². The van der Waals surface area contributed by atoms with Gasteiger partial charge in [0.2, 0.25) is 0 Å². The largest absolute Gasteiger partial charge is 0.372 e. The predicted molar refractivity (Wildman–Crippen MR) is 81.5 cm³/mol. The molecule has 0 radical (unpaired) electrons. The van der Waals surface area contributed by atoms with E-state index in [9.17, 15) is 0 Å². The number of hydrogen-bond acceptors (Lipinski definition) is 2. The van der Waals surface area contributed by atoms with Crippen LogP contribution in [0.15, 0.2) is 0 Å². The van der Waals surface area contributed by atoms with Crippen LogP contribution in [-0.4, -0.2) is 24.3 Å². The molecule has 1 aliphatic heterocycles. The van der Waals surface area contributed by atoms with Gasteiger partial charge in [-0.1, -0.05) is 39.5 Å². The Morgan fingerprint density at radius 1 is 1.16 bits per heavy atom. The van der Waals surface area contributed by atoms with E-state index in [1.165, 1.54) is 57.8 Å². The Bertz CT molecular complexity index is 260. The van der Waals surface area contributed by atoms with Gasteiger partial charge in [0.05, 0.1) is 11.7 Å². The molecule has 0 amide bonds. The number of rotatable bonds is 6. The highest BCUT2D eigenvalue weighted by Gasteiger charge is 2.41. The molecule has 1 saturated carbocycles. The van der Waals surface area contributed by atoms with E-state index in [0.717, 1.165) is 12.5 Å². The Hall–Kier alpha value is -0.0800. The summed E-state index contributed by atoms with van der Waals surface area (Å²) in [7, 11) is 0. The highest BCUT2D eigenvalue weighted by molar-refractivity contribution is 4.92. The first-order valence-corrected chi connectivity index (χ1v) is 8.60. The molecule has 3 unspecified atom stereocenters. The monoisotopic (exact) mass is 267 g/mol. The molecule has 2 nitrogen and oxygen atoms in total. The molecule has 0 aromatic carbocycles. The van der Waals surface area contributed by atoms with Gasteiger partial charge in [-0.15, -0.1) is 0 Å². The van der Waals surface area contributed by atoms with Gasteiger partial charge in [-0.25, -0.2) is 0 Å². The minimum absolute atomic E-state index is 0.294. The van der Waals surface area contributed by atoms with Crippen LogP contribution in [0.25, 0.3) is 0 Å². The molecule has 0 aromatic rings. The lowest BCUT2D eigenvalue weighted by molar-refractivity contribution is -0.0710. The van der Waals surface area contributed by atoms with Crippen molar-refractivity contribution in [2.45, 2.75) is 96.3 Å². The van der Waals surface area contributed by atoms with Gasteiger partial charge in [-0.2, -0.15) is 0 Å². The molecule has 112 valence electrons. The lowest BCUT2D eigenvalue weighted by Crippen LogP contribution is -2.36. The maximum atomic E-state index is 6.52. The standard InChI is InChI=1S/C17H33NO/c1-4-15(14(3)18-5-2)13-16-9-12-17(19-16)10-7-6-8-11-17/h14-16,18H,4-13H2,1-3H3. The molecule has 2 rings (SSSR count). The minimum Gasteiger partial charge on any atom is -0.372 e. The summed E-state index contributed by atoms with van der Waals surface area (Å²) >= 11 is 0. The molecular formula is C17H33NO. The maximum Gasteiger partial charge on any atom is 0.0687 e. The van der Waals surface area contributed by atoms with E-state index >= 15 is 0 Å². The summed E-state index contributed by atoms with van der Waals surface area (Å²) in [6.45, 7) is 7.94. The van der Waals surface area contributed by atoms with Crippen LogP contribution in [0.5, 0.6) is 0 Å². The SMILES string of the molecule is CCNC(C)C(CC)CC1CCC2(CCCCC2)O1. The molecule has 1 heterocycles. The third-order valence-electron chi connectivity index (χ3n) is 5.43. The van der Waals surface area contributed by atoms with E-state index in [1.807, 2.05) is 0 Å². The van der Waals surface area contributed by atoms with Crippen LogP contribution in [0.4, 0.5) is 0 Å². The summed E-state index contributed by atoms with van der Waals surface area (Å²) < 4.78 is 6.52. The summed E-state index contributed by atoms with van der Waals surface area (Å²) in [5.74, 6) is 0.767. The smallest absolute Gasteiger partial charge is 0.0687 e. The molecule has 3 atom stereocenters. The van der Waals surface area contributed by atoms with E-state index in [2.05, 4.69) is 26.1 Å². The number of ether oxygens (including phenoxy) is 1. The lowest BCUT2D eigenvalue weighted by Gasteiger charge is -2.34. The highest BCUT2D eigenvalue weighted by atomic mass is 16.5. The topological polar surface area (TPSA) is 21.3 Å². The average Bonchev–Trinajstić information content (AvgIpc) is 2.80. The lowest BCUT2D eigenvalue weighted by atomic mass is 9.83. The zero-order chi connectivity index (χ0) is 13.7. The molecule has 1 aliphatic carbocycles. The summed E-state index contributed by atoms with van der Waals surface area (Å²) in [5.41, 5.74) is 0.294. The van der Waals surface area contributed by atoms with Crippen molar-refractivity contribution in [3.05, 3.63) is 0 Å². The van der Waals surface area contributed by atoms with Gasteiger partial charge in [0.25, 0.3) is 0 Å². The molecular weight excluding hydrogens is 234 g/mol. The number of nitrogens with one attached hydrogen (secondary N) is 1. The van der Waals surface area contributed by atoms with Crippen LogP contribution < -0.4 is 5.32 Å². The Balaban J connectivity index is 1.82. The Kier molecular flexibility index (Phi) is 5.70. The van der Waals surface area contributed by atoms with Crippen molar-refractivity contribution < 1.29 is 4.74 Å². The van der Waals surface area contributed by atoms with Gasteiger partial charge < -0.3 is 10.1 Å². The summed E-state index contributed by atoms with van der Waals surface area (Å²) in [6, 6.07) is 0.626. The fraction of sp³-hybridized carbons (Fsp3) is 1.00. The van der Waals surface area contributed by atoms with Crippen molar-refractivity contribution in [1.82, 2.24) is 5.32 Å². The van der Waals surface area contributed by atoms with E-state index in [1.54, 1.807) is 0 Å². The third-order valence-corrected chi connectivity index (χ3v) is 5.43. The van der Waals surface area contributed by atoms with Crippen molar-refractivity contribution in [2.24, 2.45) is 5.92 Å². The molecule has 19 heavy (non-hydrogen) atoms. The van der Waals surface area contributed by atoms with Crippen LogP contribution in [0.2, 0.25) is 0 Å². The van der Waals surface area contributed by atoms with Gasteiger partial charge in [-0.05, 0) is 51.5 Å². The second-order valence-corrected chi connectivity index (χ2v) is 6.77. The van der Waals surface area contributed by atoms with Crippen molar-refractivity contribution in [1.29, 1.82) is 0 Å². The normalized spacial score (nSPS) is 29.5. The van der Waals surface area contributed by atoms with Crippen LogP contribution >= 0.6 is 0 Å². The van der Waals surface area contributed by atoms with Gasteiger partial charge in [-0.3, -0.25) is 0 Å². The Morgan fingerprint density at radius 2 is 1.89 bits per heavy atom. The summed E-state index contributed by atoms with van der Waals surface area (Å²) in [5, 5.41) is 3.59. The van der Waals surface area contributed by atoms with E-state index in [0.29, 0.717) is 17.7 Å². The van der Waals surface area contributed by atoms with E-state index < -0.39 is 0 Å². The first kappa shape index (κ1) is 15.3. The second-order valence-electron chi connectivity index (χ2n) is 6.77. The molecule has 2 fully saturated rings. The Morgan fingerprint density at radius 3 is 2.53 bits per heavy atom. The van der Waals surface area contributed by atoms with Gasteiger partial charge in [0.1, 0.15) is 0 Å². The van der Waals surface area contributed by atoms with Crippen LogP contribution in [0.3, 0.4) is 0 Å². The fourth-order valence-corrected chi connectivity index (χ4v) is 4.18. The minimum atomic E-state index is 0.294. The molecule has 2 aliphatic rings. The van der Waals surface area contributed by atoms with E-state index in [4.69, 9.17) is 4.74 Å². The maximum absolute atomic E-state index is 6.52. The zero-order valence-electron chi connectivity index (χ0n) is 13.2. The summed E-state index contributed by atoms with van der Waals surface area (Å²) in [4.78, 5) is 0. The molecule has 0 bridgehead atoms. The molecule has 1 saturated heterocycles. The molecule has 1 spiro atoms. The van der Waals surface area contributed by atoms with Crippen molar-refractivity contribution in [2.75, 3.05) is 6.54 Å². The average molecular weight is 267 g/mol. The van der Waals surface area contributed by atoms with Gasteiger partial charge in [0, 0.05) is 6.04 Å². The van der Waals surface area contributed by atoms with Gasteiger partial charge >= 0.3 is 0 Å². The number of hydrogen-bond donors (Lipinski definition) is 1. The second kappa shape index (κ2) is 7.08. The van der Waals surface area contributed by atoms with Gasteiger partial charge in [0.15, 0.2) is 0 Å². The third kappa shape index (κ3) is 3.95. The highest BCUT2D eigenvalue weighted by Crippen LogP contribution is 2.43.